The van der Waals surface area contributed by atoms with Crippen molar-refractivity contribution >= 4 is 17.7 Å². The third kappa shape index (κ3) is 2.17. The van der Waals surface area contributed by atoms with Crippen molar-refractivity contribution in [3.8, 4) is 0 Å². The molecule has 0 bridgehead atoms. The smallest absolute Gasteiger partial charge is 0.317 e. The first-order chi connectivity index (χ1) is 7.27. The Labute approximate surface area is 86.6 Å². The molecule has 2 amide bonds. The highest BCUT2D eigenvalue weighted by Crippen LogP contribution is 2.25. The van der Waals surface area contributed by atoms with Crippen LogP contribution in [0.15, 0.2) is 4.52 Å². The molecule has 0 aliphatic carbocycles. The summed E-state index contributed by atoms with van der Waals surface area (Å²) in [5.41, 5.74) is 5.00. The Kier molecular flexibility index (Phi) is 2.70. The van der Waals surface area contributed by atoms with Crippen LogP contribution in [0.25, 0.3) is 0 Å². The number of nitrogens with one attached hydrogen (secondary N) is 1. The number of amides is 2. The number of carbonyl (C=O) groups is 1. The number of hydrogen-bond acceptors (Lipinski definition) is 5. The summed E-state index contributed by atoms with van der Waals surface area (Å²) < 4.78 is 5.00. The summed E-state index contributed by atoms with van der Waals surface area (Å²) in [5, 5.41) is 9.46. The number of nitrogens with two attached hydrogens (primary N) is 1. The fourth-order valence-corrected chi connectivity index (χ4v) is 1.69. The zero-order valence-corrected chi connectivity index (χ0v) is 8.27. The second kappa shape index (κ2) is 4.16. The topological polar surface area (TPSA) is 97.3 Å². The SMILES string of the molecule is NC(=O)Nc1nnoc1N1CCCCC1. The van der Waals surface area contributed by atoms with Gasteiger partial charge in [-0.25, -0.2) is 4.79 Å². The van der Waals surface area contributed by atoms with Gasteiger partial charge in [-0.1, -0.05) is 5.10 Å². The fraction of sp³-hybridized carbons (Fsp3) is 0.625. The van der Waals surface area contributed by atoms with E-state index >= 15 is 0 Å². The Balaban J connectivity index is 2.12. The van der Waals surface area contributed by atoms with Crippen molar-refractivity contribution in [1.82, 2.24) is 10.4 Å². The van der Waals surface area contributed by atoms with Gasteiger partial charge in [-0.3, -0.25) is 5.32 Å². The highest BCUT2D eigenvalue weighted by molar-refractivity contribution is 5.89. The molecule has 82 valence electrons. The minimum Gasteiger partial charge on any atom is -0.351 e. The van der Waals surface area contributed by atoms with Crippen LogP contribution in [0, 0.1) is 0 Å². The molecule has 3 N–H and O–H groups in total. The molecule has 1 aromatic heterocycles. The maximum absolute atomic E-state index is 10.7. The second-order valence-corrected chi connectivity index (χ2v) is 3.46. The van der Waals surface area contributed by atoms with E-state index in [0.29, 0.717) is 11.7 Å². The molecule has 1 aliphatic rings. The molecule has 0 saturated carbocycles. The lowest BCUT2D eigenvalue weighted by atomic mass is 10.1. The molecule has 0 radical (unpaired) electrons. The summed E-state index contributed by atoms with van der Waals surface area (Å²) >= 11 is 0. The summed E-state index contributed by atoms with van der Waals surface area (Å²) in [4.78, 5) is 12.7. The average Bonchev–Trinajstić information content (AvgIpc) is 2.66. The van der Waals surface area contributed by atoms with Crippen LogP contribution in [-0.2, 0) is 0 Å². The van der Waals surface area contributed by atoms with Gasteiger partial charge in [0.1, 0.15) is 0 Å². The average molecular weight is 211 g/mol. The third-order valence-corrected chi connectivity index (χ3v) is 2.36. The van der Waals surface area contributed by atoms with Gasteiger partial charge >= 0.3 is 6.03 Å². The van der Waals surface area contributed by atoms with E-state index in [1.807, 2.05) is 4.90 Å². The van der Waals surface area contributed by atoms with Gasteiger partial charge in [0.15, 0.2) is 0 Å². The lowest BCUT2D eigenvalue weighted by Gasteiger charge is -2.25. The maximum Gasteiger partial charge on any atom is 0.317 e. The van der Waals surface area contributed by atoms with E-state index in [4.69, 9.17) is 10.3 Å². The largest absolute Gasteiger partial charge is 0.351 e. The van der Waals surface area contributed by atoms with Crippen molar-refractivity contribution < 1.29 is 9.32 Å². The van der Waals surface area contributed by atoms with Crippen molar-refractivity contribution in [1.29, 1.82) is 0 Å². The van der Waals surface area contributed by atoms with Crippen LogP contribution in [0.5, 0.6) is 0 Å². The number of carbonyl (C=O) groups excluding carboxylic acids is 1. The Hall–Kier alpha value is -1.79. The van der Waals surface area contributed by atoms with Gasteiger partial charge in [-0.15, -0.1) is 0 Å². The zero-order chi connectivity index (χ0) is 10.7. The number of primary amides is 1. The molecule has 2 rings (SSSR count). The van der Waals surface area contributed by atoms with Crippen molar-refractivity contribution in [2.75, 3.05) is 23.3 Å². The van der Waals surface area contributed by atoms with Gasteiger partial charge in [0, 0.05) is 18.4 Å². The molecule has 1 fully saturated rings. The van der Waals surface area contributed by atoms with Crippen LogP contribution in [0.3, 0.4) is 0 Å². The fourth-order valence-electron chi connectivity index (χ4n) is 1.69. The van der Waals surface area contributed by atoms with E-state index in [1.54, 1.807) is 0 Å². The van der Waals surface area contributed by atoms with Gasteiger partial charge < -0.3 is 15.2 Å². The third-order valence-electron chi connectivity index (χ3n) is 2.36. The van der Waals surface area contributed by atoms with Gasteiger partial charge in [0.05, 0.1) is 0 Å². The van der Waals surface area contributed by atoms with Gasteiger partial charge in [0.2, 0.25) is 5.82 Å². The molecular formula is C8H13N5O2. The van der Waals surface area contributed by atoms with E-state index in [2.05, 4.69) is 15.7 Å². The normalized spacial score (nSPS) is 16.4. The van der Waals surface area contributed by atoms with E-state index in [9.17, 15) is 4.79 Å². The predicted octanol–water partition coefficient (Wildman–Crippen LogP) is 0.550. The molecule has 7 nitrogen and oxygen atoms in total. The van der Waals surface area contributed by atoms with Crippen LogP contribution < -0.4 is 16.0 Å². The Morgan fingerprint density at radius 2 is 2.13 bits per heavy atom. The quantitative estimate of drug-likeness (QED) is 0.744. The number of piperidine rings is 1. The van der Waals surface area contributed by atoms with Crippen LogP contribution >= 0.6 is 0 Å². The molecule has 0 atom stereocenters. The lowest BCUT2D eigenvalue weighted by molar-refractivity contribution is 0.259. The van der Waals surface area contributed by atoms with Gasteiger partial charge in [-0.05, 0) is 19.3 Å². The van der Waals surface area contributed by atoms with Crippen LogP contribution in [0.2, 0.25) is 0 Å². The molecule has 7 heteroatoms. The molecule has 15 heavy (non-hydrogen) atoms. The summed E-state index contributed by atoms with van der Waals surface area (Å²) in [6, 6.07) is -0.663. The van der Waals surface area contributed by atoms with Crippen molar-refractivity contribution in [2.45, 2.75) is 19.3 Å². The molecule has 0 aromatic carbocycles. The Morgan fingerprint density at radius 3 is 2.80 bits per heavy atom. The van der Waals surface area contributed by atoms with Crippen molar-refractivity contribution in [2.24, 2.45) is 5.73 Å². The minimum atomic E-state index is -0.663. The molecule has 0 spiro atoms. The van der Waals surface area contributed by atoms with Crippen molar-refractivity contribution in [3.05, 3.63) is 0 Å². The van der Waals surface area contributed by atoms with E-state index in [-0.39, 0.29) is 0 Å². The zero-order valence-electron chi connectivity index (χ0n) is 8.27. The maximum atomic E-state index is 10.7. The van der Waals surface area contributed by atoms with E-state index < -0.39 is 6.03 Å². The first kappa shape index (κ1) is 9.75. The molecule has 0 unspecified atom stereocenters. The van der Waals surface area contributed by atoms with E-state index in [1.165, 1.54) is 6.42 Å². The first-order valence-corrected chi connectivity index (χ1v) is 4.91. The first-order valence-electron chi connectivity index (χ1n) is 4.91. The number of aromatic nitrogens is 2. The van der Waals surface area contributed by atoms with Crippen molar-refractivity contribution in [3.63, 3.8) is 0 Å². The molecule has 2 heterocycles. The van der Waals surface area contributed by atoms with E-state index in [0.717, 1.165) is 25.9 Å². The molecular weight excluding hydrogens is 198 g/mol. The number of hydrogen-bond donors (Lipinski definition) is 2. The van der Waals surface area contributed by atoms with Gasteiger partial charge in [0.25, 0.3) is 5.88 Å². The van der Waals surface area contributed by atoms with Crippen LogP contribution in [0.1, 0.15) is 19.3 Å². The molecule has 1 aromatic rings. The minimum absolute atomic E-state index is 0.296. The van der Waals surface area contributed by atoms with Crippen LogP contribution in [0.4, 0.5) is 16.5 Å². The van der Waals surface area contributed by atoms with Crippen LogP contribution in [-0.4, -0.2) is 29.5 Å². The summed E-state index contributed by atoms with van der Waals surface area (Å²) in [7, 11) is 0. The van der Waals surface area contributed by atoms with Gasteiger partial charge in [-0.2, -0.15) is 0 Å². The Bertz CT molecular complexity index is 345. The summed E-state index contributed by atoms with van der Waals surface area (Å²) in [5.74, 6) is 0.790. The molecule has 1 saturated heterocycles. The number of nitrogens with zero attached hydrogens (tertiary/aromatic N) is 3. The highest BCUT2D eigenvalue weighted by atomic mass is 16.5. The number of urea groups is 1. The molecule has 1 aliphatic heterocycles. The second-order valence-electron chi connectivity index (χ2n) is 3.46. The predicted molar refractivity (Wildman–Crippen MR) is 53.6 cm³/mol. The summed E-state index contributed by atoms with van der Waals surface area (Å²) in [6.45, 7) is 1.79. The monoisotopic (exact) mass is 211 g/mol. The lowest BCUT2D eigenvalue weighted by Crippen LogP contribution is -2.30. The summed E-state index contributed by atoms with van der Waals surface area (Å²) in [6.07, 6.45) is 3.43. The number of anilines is 2. The standard InChI is InChI=1S/C8H13N5O2/c9-8(14)10-6-7(15-12-11-6)13-4-2-1-3-5-13/h1-5H2,(H3,9,10,14). The Morgan fingerprint density at radius 1 is 1.40 bits per heavy atom. The highest BCUT2D eigenvalue weighted by Gasteiger charge is 2.20. The number of rotatable bonds is 2.